The summed E-state index contributed by atoms with van der Waals surface area (Å²) in [6, 6.07) is 6.49. The van der Waals surface area contributed by atoms with Gasteiger partial charge in [-0.2, -0.15) is 0 Å². The molecule has 1 aromatic carbocycles. The molecule has 1 atom stereocenters. The third-order valence-corrected chi connectivity index (χ3v) is 4.43. The molecule has 1 aromatic heterocycles. The number of ether oxygens (including phenoxy) is 1. The quantitative estimate of drug-likeness (QED) is 0.729. The number of methoxy groups -OCH3 is 1. The van der Waals surface area contributed by atoms with Crippen LogP contribution in [-0.2, 0) is 11.3 Å². The maximum Gasteiger partial charge on any atom is 0.239 e. The van der Waals surface area contributed by atoms with Crippen LogP contribution in [0.15, 0.2) is 34.1 Å². The lowest BCUT2D eigenvalue weighted by Crippen LogP contribution is -2.33. The molecule has 112 valence electrons. The Morgan fingerprint density at radius 2 is 2.33 bits per heavy atom. The molecule has 1 amide bonds. The molecule has 0 bridgehead atoms. The van der Waals surface area contributed by atoms with E-state index in [1.54, 1.807) is 23.5 Å². The Kier molecular flexibility index (Phi) is 5.22. The van der Waals surface area contributed by atoms with Crippen LogP contribution in [0.3, 0.4) is 0 Å². The molecule has 1 unspecified atom stereocenters. The third kappa shape index (κ3) is 3.75. The van der Waals surface area contributed by atoms with Crippen molar-refractivity contribution in [3.63, 3.8) is 0 Å². The second kappa shape index (κ2) is 6.93. The minimum absolute atomic E-state index is 0.0114. The fourth-order valence-electron chi connectivity index (χ4n) is 1.91. The van der Waals surface area contributed by atoms with Crippen LogP contribution in [0.2, 0.25) is 0 Å². The minimum atomic E-state index is -0.669. The number of benzene rings is 1. The molecule has 4 N–H and O–H groups in total. The van der Waals surface area contributed by atoms with E-state index < -0.39 is 11.9 Å². The second-order valence-electron chi connectivity index (χ2n) is 4.35. The molecule has 2 aromatic rings. The van der Waals surface area contributed by atoms with Gasteiger partial charge in [0.1, 0.15) is 6.04 Å². The number of hydrogen-bond acceptors (Lipinski definition) is 5. The molecule has 0 spiro atoms. The van der Waals surface area contributed by atoms with Crippen molar-refractivity contribution >= 4 is 33.2 Å². The predicted molar refractivity (Wildman–Crippen MR) is 85.5 cm³/mol. The number of nitrogens with one attached hydrogen (secondary N) is 1. The molecular weight excluding hydrogens is 356 g/mol. The van der Waals surface area contributed by atoms with E-state index in [1.807, 2.05) is 17.5 Å². The van der Waals surface area contributed by atoms with E-state index in [-0.39, 0.29) is 11.5 Å². The van der Waals surface area contributed by atoms with Gasteiger partial charge in [0, 0.05) is 11.4 Å². The molecule has 0 radical (unpaired) electrons. The van der Waals surface area contributed by atoms with Gasteiger partial charge in [-0.15, -0.1) is 11.3 Å². The molecule has 0 aliphatic heterocycles. The summed E-state index contributed by atoms with van der Waals surface area (Å²) in [5.41, 5.74) is 6.10. The van der Waals surface area contributed by atoms with Crippen LogP contribution in [0.4, 0.5) is 0 Å². The number of amides is 1. The number of halogens is 1. The van der Waals surface area contributed by atoms with Gasteiger partial charge in [-0.1, -0.05) is 6.07 Å². The van der Waals surface area contributed by atoms with Crippen LogP contribution in [0.5, 0.6) is 11.5 Å². The van der Waals surface area contributed by atoms with Gasteiger partial charge >= 0.3 is 0 Å². The van der Waals surface area contributed by atoms with Crippen LogP contribution in [0.25, 0.3) is 0 Å². The van der Waals surface area contributed by atoms with Crippen LogP contribution >= 0.6 is 27.3 Å². The molecule has 0 aliphatic carbocycles. The number of nitrogens with two attached hydrogens (primary N) is 1. The molecule has 0 aliphatic rings. The van der Waals surface area contributed by atoms with Crippen molar-refractivity contribution in [1.29, 1.82) is 0 Å². The van der Waals surface area contributed by atoms with Crippen molar-refractivity contribution in [2.45, 2.75) is 12.6 Å². The first-order valence-corrected chi connectivity index (χ1v) is 7.81. The van der Waals surface area contributed by atoms with Gasteiger partial charge in [0.25, 0.3) is 0 Å². The largest absolute Gasteiger partial charge is 0.503 e. The van der Waals surface area contributed by atoms with Crippen LogP contribution in [-0.4, -0.2) is 18.1 Å². The summed E-state index contributed by atoms with van der Waals surface area (Å²) in [7, 11) is 1.45. The van der Waals surface area contributed by atoms with Crippen molar-refractivity contribution in [3.05, 3.63) is 44.6 Å². The average Bonchev–Trinajstić information content (AvgIpc) is 2.95. The van der Waals surface area contributed by atoms with Crippen molar-refractivity contribution in [2.75, 3.05) is 7.11 Å². The molecule has 5 nitrogen and oxygen atoms in total. The normalized spacial score (nSPS) is 12.1. The lowest BCUT2D eigenvalue weighted by molar-refractivity contribution is -0.120. The molecule has 2 rings (SSSR count). The lowest BCUT2D eigenvalue weighted by atomic mass is 10.1. The number of aromatic hydroxyl groups is 1. The van der Waals surface area contributed by atoms with Gasteiger partial charge in [-0.05, 0) is 45.1 Å². The summed E-state index contributed by atoms with van der Waals surface area (Å²) >= 11 is 4.83. The zero-order chi connectivity index (χ0) is 15.4. The lowest BCUT2D eigenvalue weighted by Gasteiger charge is -2.17. The van der Waals surface area contributed by atoms with E-state index in [9.17, 15) is 9.90 Å². The smallest absolute Gasteiger partial charge is 0.239 e. The number of hydrogen-bond donors (Lipinski definition) is 3. The molecule has 0 saturated heterocycles. The molecular formula is C14H15BrN2O3S. The van der Waals surface area contributed by atoms with Crippen LogP contribution in [0.1, 0.15) is 16.5 Å². The third-order valence-electron chi connectivity index (χ3n) is 2.95. The molecule has 21 heavy (non-hydrogen) atoms. The zero-order valence-corrected chi connectivity index (χ0v) is 13.7. The van der Waals surface area contributed by atoms with E-state index in [0.29, 0.717) is 16.6 Å². The standard InChI is InChI=1S/C14H15BrN2O3S/c1-20-11-6-8(5-10(15)13(11)18)12(14(16)19)17-7-9-3-2-4-21-9/h2-6,12,17-18H,7H2,1H3,(H2,16,19). The van der Waals surface area contributed by atoms with E-state index in [0.717, 1.165) is 4.88 Å². The Morgan fingerprint density at radius 3 is 2.90 bits per heavy atom. The maximum absolute atomic E-state index is 11.7. The first-order chi connectivity index (χ1) is 10.0. The van der Waals surface area contributed by atoms with E-state index in [1.165, 1.54) is 7.11 Å². The van der Waals surface area contributed by atoms with Gasteiger partial charge in [-0.25, -0.2) is 0 Å². The zero-order valence-electron chi connectivity index (χ0n) is 11.3. The van der Waals surface area contributed by atoms with Crippen LogP contribution in [0, 0.1) is 0 Å². The van der Waals surface area contributed by atoms with Crippen LogP contribution < -0.4 is 15.8 Å². The number of thiophene rings is 1. The van der Waals surface area contributed by atoms with E-state index in [2.05, 4.69) is 21.2 Å². The Balaban J connectivity index is 2.25. The first-order valence-electron chi connectivity index (χ1n) is 6.14. The number of phenolic OH excluding ortho intramolecular Hbond substituents is 1. The highest BCUT2D eigenvalue weighted by molar-refractivity contribution is 9.10. The Labute approximate surface area is 134 Å². The fourth-order valence-corrected chi connectivity index (χ4v) is 3.03. The highest BCUT2D eigenvalue weighted by Crippen LogP contribution is 2.36. The topological polar surface area (TPSA) is 84.6 Å². The van der Waals surface area contributed by atoms with E-state index in [4.69, 9.17) is 10.5 Å². The van der Waals surface area contributed by atoms with Gasteiger partial charge in [0.15, 0.2) is 11.5 Å². The monoisotopic (exact) mass is 370 g/mol. The summed E-state index contributed by atoms with van der Waals surface area (Å²) in [6.07, 6.45) is 0. The minimum Gasteiger partial charge on any atom is -0.503 e. The molecule has 7 heteroatoms. The molecule has 0 fully saturated rings. The summed E-state index contributed by atoms with van der Waals surface area (Å²) in [5.74, 6) is -0.225. The maximum atomic E-state index is 11.7. The van der Waals surface area contributed by atoms with E-state index >= 15 is 0 Å². The average molecular weight is 371 g/mol. The van der Waals surface area contributed by atoms with Gasteiger partial charge in [-0.3, -0.25) is 10.1 Å². The summed E-state index contributed by atoms with van der Waals surface area (Å²) in [5, 5.41) is 14.9. The fraction of sp³-hybridized carbons (Fsp3) is 0.214. The number of phenols is 1. The predicted octanol–water partition coefficient (Wildman–Crippen LogP) is 2.54. The van der Waals surface area contributed by atoms with Crippen molar-refractivity contribution in [2.24, 2.45) is 5.73 Å². The van der Waals surface area contributed by atoms with Gasteiger partial charge in [0.2, 0.25) is 5.91 Å². The second-order valence-corrected chi connectivity index (χ2v) is 6.24. The van der Waals surface area contributed by atoms with Crippen molar-refractivity contribution in [3.8, 4) is 11.5 Å². The van der Waals surface area contributed by atoms with Gasteiger partial charge < -0.3 is 15.6 Å². The van der Waals surface area contributed by atoms with Crippen molar-refractivity contribution < 1.29 is 14.6 Å². The Morgan fingerprint density at radius 1 is 1.57 bits per heavy atom. The first kappa shape index (κ1) is 15.8. The molecule has 1 heterocycles. The Hall–Kier alpha value is -1.57. The Bertz CT molecular complexity index is 631. The summed E-state index contributed by atoms with van der Waals surface area (Å²) in [4.78, 5) is 12.8. The SMILES string of the molecule is COc1cc(C(NCc2cccs2)C(N)=O)cc(Br)c1O. The summed E-state index contributed by atoms with van der Waals surface area (Å²) < 4.78 is 5.53. The molecule has 0 saturated carbocycles. The number of rotatable bonds is 6. The highest BCUT2D eigenvalue weighted by atomic mass is 79.9. The van der Waals surface area contributed by atoms with Crippen molar-refractivity contribution in [1.82, 2.24) is 5.32 Å². The number of primary amides is 1. The number of carbonyl (C=O) groups excluding carboxylic acids is 1. The summed E-state index contributed by atoms with van der Waals surface area (Å²) in [6.45, 7) is 0.534. The number of carbonyl (C=O) groups is 1. The van der Waals surface area contributed by atoms with Gasteiger partial charge in [0.05, 0.1) is 11.6 Å². The highest BCUT2D eigenvalue weighted by Gasteiger charge is 2.20.